The van der Waals surface area contributed by atoms with Crippen LogP contribution in [0.4, 0.5) is 10.1 Å². The average Bonchev–Trinajstić information content (AvgIpc) is 2.19. The SMILES string of the molecule is CC(C)S(=O)(=O)Nc1ccc(F)cc1C(=O)O. The number of carbonyl (C=O) groups is 1. The van der Waals surface area contributed by atoms with Crippen molar-refractivity contribution in [3.63, 3.8) is 0 Å². The molecule has 0 radical (unpaired) electrons. The molecule has 1 aromatic rings. The Labute approximate surface area is 98.3 Å². The van der Waals surface area contributed by atoms with Gasteiger partial charge in [-0.3, -0.25) is 4.72 Å². The van der Waals surface area contributed by atoms with Gasteiger partial charge in [-0.1, -0.05) is 0 Å². The number of hydrogen-bond acceptors (Lipinski definition) is 3. The van der Waals surface area contributed by atoms with Gasteiger partial charge in [0.2, 0.25) is 10.0 Å². The molecule has 5 nitrogen and oxygen atoms in total. The second kappa shape index (κ2) is 4.70. The van der Waals surface area contributed by atoms with Crippen molar-refractivity contribution in [2.75, 3.05) is 4.72 Å². The van der Waals surface area contributed by atoms with Gasteiger partial charge in [0.25, 0.3) is 0 Å². The van der Waals surface area contributed by atoms with E-state index in [1.54, 1.807) is 0 Å². The Balaban J connectivity index is 3.20. The summed E-state index contributed by atoms with van der Waals surface area (Å²) in [6.45, 7) is 2.90. The number of nitrogens with one attached hydrogen (secondary N) is 1. The molecule has 2 N–H and O–H groups in total. The van der Waals surface area contributed by atoms with Gasteiger partial charge in [0.1, 0.15) is 5.82 Å². The van der Waals surface area contributed by atoms with Crippen LogP contribution >= 0.6 is 0 Å². The fourth-order valence-corrected chi connectivity index (χ4v) is 1.77. The second-order valence-electron chi connectivity index (χ2n) is 3.69. The fourth-order valence-electron chi connectivity index (χ4n) is 1.05. The van der Waals surface area contributed by atoms with Crippen molar-refractivity contribution >= 4 is 21.7 Å². The number of carboxylic acid groups (broad SMARTS) is 1. The van der Waals surface area contributed by atoms with Gasteiger partial charge in [0.05, 0.1) is 16.5 Å². The molecule has 0 aromatic heterocycles. The minimum Gasteiger partial charge on any atom is -0.478 e. The minimum absolute atomic E-state index is 0.146. The molecule has 7 heteroatoms. The van der Waals surface area contributed by atoms with Crippen LogP contribution in [0.25, 0.3) is 0 Å². The first kappa shape index (κ1) is 13.4. The molecule has 1 rings (SSSR count). The second-order valence-corrected chi connectivity index (χ2v) is 5.93. The van der Waals surface area contributed by atoms with Crippen LogP contribution in [0.5, 0.6) is 0 Å². The number of carboxylic acids is 1. The van der Waals surface area contributed by atoms with Crippen LogP contribution in [0.1, 0.15) is 24.2 Å². The first-order chi connectivity index (χ1) is 7.74. The molecule has 1 aromatic carbocycles. The summed E-state index contributed by atoms with van der Waals surface area (Å²) < 4.78 is 38.1. The molecule has 0 atom stereocenters. The van der Waals surface area contributed by atoms with Crippen molar-refractivity contribution < 1.29 is 22.7 Å². The lowest BCUT2D eigenvalue weighted by molar-refractivity contribution is 0.0697. The molecule has 17 heavy (non-hydrogen) atoms. The van der Waals surface area contributed by atoms with Gasteiger partial charge in [-0.15, -0.1) is 0 Å². The highest BCUT2D eigenvalue weighted by molar-refractivity contribution is 7.93. The van der Waals surface area contributed by atoms with E-state index in [1.807, 2.05) is 0 Å². The molecule has 94 valence electrons. The summed E-state index contributed by atoms with van der Waals surface area (Å²) in [5.41, 5.74) is -0.568. The summed E-state index contributed by atoms with van der Waals surface area (Å²) >= 11 is 0. The molecular weight excluding hydrogens is 249 g/mol. The van der Waals surface area contributed by atoms with Gasteiger partial charge in [-0.25, -0.2) is 17.6 Å². The summed E-state index contributed by atoms with van der Waals surface area (Å²) in [4.78, 5) is 10.8. The van der Waals surface area contributed by atoms with Crippen LogP contribution in [-0.2, 0) is 10.0 Å². The van der Waals surface area contributed by atoms with Crippen LogP contribution in [0.15, 0.2) is 18.2 Å². The molecular formula is C10H12FNO4S. The van der Waals surface area contributed by atoms with Crippen LogP contribution in [0.3, 0.4) is 0 Å². The zero-order valence-corrected chi connectivity index (χ0v) is 10.1. The van der Waals surface area contributed by atoms with Gasteiger partial charge >= 0.3 is 5.97 Å². The minimum atomic E-state index is -3.66. The van der Waals surface area contributed by atoms with Gasteiger partial charge < -0.3 is 5.11 Å². The van der Waals surface area contributed by atoms with Crippen molar-refractivity contribution in [3.05, 3.63) is 29.6 Å². The van der Waals surface area contributed by atoms with E-state index in [1.165, 1.54) is 13.8 Å². The number of sulfonamides is 1. The van der Waals surface area contributed by atoms with Gasteiger partial charge in [0.15, 0.2) is 0 Å². The number of anilines is 1. The Morgan fingerprint density at radius 3 is 2.47 bits per heavy atom. The van der Waals surface area contributed by atoms with Crippen LogP contribution in [0, 0.1) is 5.82 Å². The standard InChI is InChI=1S/C10H12FNO4S/c1-6(2)17(15,16)12-9-4-3-7(11)5-8(9)10(13)14/h3-6,12H,1-2H3,(H,13,14). The maximum Gasteiger partial charge on any atom is 0.337 e. The fraction of sp³-hybridized carbons (Fsp3) is 0.300. The van der Waals surface area contributed by atoms with Crippen molar-refractivity contribution in [3.8, 4) is 0 Å². The predicted molar refractivity (Wildman–Crippen MR) is 61.0 cm³/mol. The summed E-state index contributed by atoms with van der Waals surface area (Å²) in [5, 5.41) is 8.11. The summed E-state index contributed by atoms with van der Waals surface area (Å²) in [6, 6.07) is 2.84. The third kappa shape index (κ3) is 3.16. The van der Waals surface area contributed by atoms with Crippen LogP contribution < -0.4 is 4.72 Å². The molecule has 0 saturated carbocycles. The van der Waals surface area contributed by atoms with Gasteiger partial charge in [0, 0.05) is 0 Å². The van der Waals surface area contributed by atoms with E-state index in [9.17, 15) is 17.6 Å². The monoisotopic (exact) mass is 261 g/mol. The van der Waals surface area contributed by atoms with E-state index in [0.717, 1.165) is 18.2 Å². The zero-order chi connectivity index (χ0) is 13.2. The summed E-state index contributed by atoms with van der Waals surface area (Å²) in [7, 11) is -3.66. The van der Waals surface area contributed by atoms with Crippen molar-refractivity contribution in [1.82, 2.24) is 0 Å². The van der Waals surface area contributed by atoms with Crippen molar-refractivity contribution in [2.45, 2.75) is 19.1 Å². The first-order valence-corrected chi connectivity index (χ1v) is 6.33. The largest absolute Gasteiger partial charge is 0.478 e. The third-order valence-corrected chi connectivity index (χ3v) is 3.83. The Hall–Kier alpha value is -1.63. The maximum absolute atomic E-state index is 12.9. The normalized spacial score (nSPS) is 11.5. The maximum atomic E-state index is 12.9. The lowest BCUT2D eigenvalue weighted by atomic mass is 10.2. The Morgan fingerprint density at radius 2 is 2.00 bits per heavy atom. The smallest absolute Gasteiger partial charge is 0.337 e. The van der Waals surface area contributed by atoms with E-state index in [2.05, 4.69) is 4.72 Å². The molecule has 0 aliphatic rings. The highest BCUT2D eigenvalue weighted by Gasteiger charge is 2.19. The van der Waals surface area contributed by atoms with E-state index < -0.39 is 32.6 Å². The molecule has 0 unspecified atom stereocenters. The Morgan fingerprint density at radius 1 is 1.41 bits per heavy atom. The van der Waals surface area contributed by atoms with E-state index >= 15 is 0 Å². The quantitative estimate of drug-likeness (QED) is 0.863. The van der Waals surface area contributed by atoms with Gasteiger partial charge in [-0.05, 0) is 32.0 Å². The number of aromatic carboxylic acids is 1. The summed E-state index contributed by atoms with van der Waals surface area (Å²) in [6.07, 6.45) is 0. The predicted octanol–water partition coefficient (Wildman–Crippen LogP) is 1.67. The molecule has 0 aliphatic heterocycles. The third-order valence-electron chi connectivity index (χ3n) is 2.08. The van der Waals surface area contributed by atoms with E-state index in [-0.39, 0.29) is 5.69 Å². The Kier molecular flexibility index (Phi) is 3.72. The highest BCUT2D eigenvalue weighted by atomic mass is 32.2. The molecule has 0 spiro atoms. The molecule has 0 aliphatic carbocycles. The number of benzene rings is 1. The van der Waals surface area contributed by atoms with Gasteiger partial charge in [-0.2, -0.15) is 0 Å². The summed E-state index contributed by atoms with van der Waals surface area (Å²) in [5.74, 6) is -2.14. The van der Waals surface area contributed by atoms with Crippen molar-refractivity contribution in [1.29, 1.82) is 0 Å². The molecule has 0 heterocycles. The average molecular weight is 261 g/mol. The molecule has 0 bridgehead atoms. The lowest BCUT2D eigenvalue weighted by Gasteiger charge is -2.12. The zero-order valence-electron chi connectivity index (χ0n) is 9.27. The highest BCUT2D eigenvalue weighted by Crippen LogP contribution is 2.19. The first-order valence-electron chi connectivity index (χ1n) is 4.78. The molecule has 0 saturated heterocycles. The number of rotatable bonds is 4. The topological polar surface area (TPSA) is 83.5 Å². The van der Waals surface area contributed by atoms with Crippen LogP contribution in [0.2, 0.25) is 0 Å². The number of halogens is 1. The molecule has 0 fully saturated rings. The Bertz CT molecular complexity index is 539. The lowest BCUT2D eigenvalue weighted by Crippen LogP contribution is -2.23. The molecule has 0 amide bonds. The van der Waals surface area contributed by atoms with E-state index in [0.29, 0.717) is 0 Å². The van der Waals surface area contributed by atoms with E-state index in [4.69, 9.17) is 5.11 Å². The number of hydrogen-bond donors (Lipinski definition) is 2. The van der Waals surface area contributed by atoms with Crippen LogP contribution in [-0.4, -0.2) is 24.7 Å². The van der Waals surface area contributed by atoms with Crippen molar-refractivity contribution in [2.24, 2.45) is 0 Å².